The summed E-state index contributed by atoms with van der Waals surface area (Å²) in [7, 11) is 0. The molecule has 30 heavy (non-hydrogen) atoms. The fraction of sp³-hybridized carbons (Fsp3) is 0.682. The molecular formula is C22H35FIN3O3. The minimum Gasteiger partial charge on any atom is -0.467 e. The highest BCUT2D eigenvalue weighted by atomic mass is 127. The maximum Gasteiger partial charge on any atom is 0.191 e. The molecule has 0 atom stereocenters. The van der Waals surface area contributed by atoms with Gasteiger partial charge in [-0.3, -0.25) is 4.99 Å². The van der Waals surface area contributed by atoms with Gasteiger partial charge in [0.15, 0.2) is 12.8 Å². The van der Waals surface area contributed by atoms with Crippen LogP contribution in [-0.2, 0) is 17.8 Å². The summed E-state index contributed by atoms with van der Waals surface area (Å²) in [5.41, 5.74) is 1.72. The second kappa shape index (κ2) is 12.7. The van der Waals surface area contributed by atoms with Crippen molar-refractivity contribution in [3.63, 3.8) is 0 Å². The number of hydrogen-bond donors (Lipinski definition) is 3. The van der Waals surface area contributed by atoms with E-state index in [-0.39, 0.29) is 48.6 Å². The van der Waals surface area contributed by atoms with Gasteiger partial charge in [0.25, 0.3) is 0 Å². The van der Waals surface area contributed by atoms with Crippen LogP contribution in [0.15, 0.2) is 17.1 Å². The number of ether oxygens (including phenoxy) is 2. The van der Waals surface area contributed by atoms with Gasteiger partial charge in [-0.25, -0.2) is 4.39 Å². The number of benzene rings is 1. The molecule has 170 valence electrons. The number of halogens is 2. The zero-order chi connectivity index (χ0) is 20.5. The molecule has 0 radical (unpaired) electrons. The molecule has 1 aromatic carbocycles. The molecular weight excluding hydrogens is 500 g/mol. The molecule has 0 aromatic heterocycles. The summed E-state index contributed by atoms with van der Waals surface area (Å²) in [4.78, 5) is 4.82. The van der Waals surface area contributed by atoms with E-state index in [9.17, 15) is 9.50 Å². The molecule has 1 aliphatic carbocycles. The Morgan fingerprint density at radius 1 is 1.23 bits per heavy atom. The predicted molar refractivity (Wildman–Crippen MR) is 127 cm³/mol. The smallest absolute Gasteiger partial charge is 0.191 e. The normalized spacial score (nSPS) is 18.0. The minimum atomic E-state index is -0.267. The van der Waals surface area contributed by atoms with Crippen LogP contribution in [0, 0.1) is 11.2 Å². The molecule has 1 saturated carbocycles. The Kier molecular flexibility index (Phi) is 10.6. The molecule has 2 aliphatic rings. The average Bonchev–Trinajstić information content (AvgIpc) is 2.73. The zero-order valence-electron chi connectivity index (χ0n) is 17.8. The Morgan fingerprint density at radius 2 is 2.03 bits per heavy atom. The van der Waals surface area contributed by atoms with Crippen LogP contribution in [0.4, 0.5) is 4.39 Å². The van der Waals surface area contributed by atoms with E-state index in [1.54, 1.807) is 0 Å². The molecule has 0 spiro atoms. The Hall–Kier alpha value is -1.13. The van der Waals surface area contributed by atoms with E-state index in [2.05, 4.69) is 10.6 Å². The molecule has 1 heterocycles. The maximum absolute atomic E-state index is 13.9. The highest BCUT2D eigenvalue weighted by Gasteiger charge is 2.31. The van der Waals surface area contributed by atoms with Gasteiger partial charge in [0.1, 0.15) is 11.6 Å². The van der Waals surface area contributed by atoms with Crippen molar-refractivity contribution in [3.05, 3.63) is 29.1 Å². The van der Waals surface area contributed by atoms with E-state index >= 15 is 0 Å². The minimum absolute atomic E-state index is 0. The number of hydrogen-bond acceptors (Lipinski definition) is 4. The lowest BCUT2D eigenvalue weighted by Gasteiger charge is -2.35. The van der Waals surface area contributed by atoms with Gasteiger partial charge in [0.05, 0.1) is 6.61 Å². The number of rotatable bonds is 8. The molecule has 8 heteroatoms. The molecule has 0 saturated heterocycles. The molecule has 1 aliphatic heterocycles. The van der Waals surface area contributed by atoms with Crippen molar-refractivity contribution in [2.75, 3.05) is 33.0 Å². The van der Waals surface area contributed by atoms with E-state index in [0.717, 1.165) is 55.2 Å². The summed E-state index contributed by atoms with van der Waals surface area (Å²) in [5, 5.41) is 16.2. The SMILES string of the molecule is CCNC(=NCC1(CCO)CCCCC1)NCCc1cc(F)cc2c1OCOC2.I. The lowest BCUT2D eigenvalue weighted by atomic mass is 9.72. The first kappa shape index (κ1) is 25.1. The van der Waals surface area contributed by atoms with Crippen molar-refractivity contribution in [2.24, 2.45) is 10.4 Å². The van der Waals surface area contributed by atoms with Gasteiger partial charge < -0.3 is 25.2 Å². The van der Waals surface area contributed by atoms with Crippen molar-refractivity contribution in [2.45, 2.75) is 58.5 Å². The van der Waals surface area contributed by atoms with E-state index in [1.165, 1.54) is 31.4 Å². The van der Waals surface area contributed by atoms with Crippen LogP contribution in [0.1, 0.15) is 56.6 Å². The van der Waals surface area contributed by atoms with Gasteiger partial charge in [0, 0.05) is 31.8 Å². The second-order valence-electron chi connectivity index (χ2n) is 8.07. The fourth-order valence-electron chi connectivity index (χ4n) is 4.37. The summed E-state index contributed by atoms with van der Waals surface area (Å²) in [6.07, 6.45) is 7.41. The first-order valence-corrected chi connectivity index (χ1v) is 10.8. The third kappa shape index (κ3) is 6.95. The maximum atomic E-state index is 13.9. The van der Waals surface area contributed by atoms with Crippen molar-refractivity contribution in [1.29, 1.82) is 0 Å². The van der Waals surface area contributed by atoms with Crippen molar-refractivity contribution in [3.8, 4) is 5.75 Å². The van der Waals surface area contributed by atoms with Crippen LogP contribution in [0.3, 0.4) is 0 Å². The van der Waals surface area contributed by atoms with E-state index in [4.69, 9.17) is 14.5 Å². The highest BCUT2D eigenvalue weighted by molar-refractivity contribution is 14.0. The molecule has 1 aromatic rings. The molecule has 0 bridgehead atoms. The third-order valence-corrected chi connectivity index (χ3v) is 5.91. The number of aliphatic hydroxyl groups is 1. The first-order valence-electron chi connectivity index (χ1n) is 10.8. The van der Waals surface area contributed by atoms with Gasteiger partial charge in [-0.1, -0.05) is 19.3 Å². The molecule has 3 rings (SSSR count). The lowest BCUT2D eigenvalue weighted by Crippen LogP contribution is -2.40. The summed E-state index contributed by atoms with van der Waals surface area (Å²) in [6, 6.07) is 3.01. The van der Waals surface area contributed by atoms with E-state index in [0.29, 0.717) is 19.6 Å². The first-order chi connectivity index (χ1) is 14.2. The second-order valence-corrected chi connectivity index (χ2v) is 8.07. The number of aliphatic hydroxyl groups excluding tert-OH is 1. The third-order valence-electron chi connectivity index (χ3n) is 5.91. The lowest BCUT2D eigenvalue weighted by molar-refractivity contribution is -0.0172. The van der Waals surface area contributed by atoms with Gasteiger partial charge in [0.2, 0.25) is 0 Å². The molecule has 1 fully saturated rings. The van der Waals surface area contributed by atoms with E-state index in [1.807, 2.05) is 6.92 Å². The number of guanidine groups is 1. The van der Waals surface area contributed by atoms with Crippen molar-refractivity contribution >= 4 is 29.9 Å². The summed E-state index contributed by atoms with van der Waals surface area (Å²) in [5.74, 6) is 1.24. The molecule has 0 amide bonds. The van der Waals surface area contributed by atoms with Gasteiger partial charge in [-0.05, 0) is 55.7 Å². The Morgan fingerprint density at radius 3 is 2.77 bits per heavy atom. The van der Waals surface area contributed by atoms with E-state index < -0.39 is 0 Å². The van der Waals surface area contributed by atoms with Crippen LogP contribution in [0.25, 0.3) is 0 Å². The number of aliphatic imine (C=N–C) groups is 1. The summed E-state index contributed by atoms with van der Waals surface area (Å²) < 4.78 is 24.8. The number of nitrogens with one attached hydrogen (secondary N) is 2. The highest BCUT2D eigenvalue weighted by Crippen LogP contribution is 2.39. The Bertz CT molecular complexity index is 691. The Labute approximate surface area is 196 Å². The van der Waals surface area contributed by atoms with Crippen molar-refractivity contribution < 1.29 is 19.0 Å². The van der Waals surface area contributed by atoms with Crippen LogP contribution in [-0.4, -0.2) is 44.1 Å². The predicted octanol–water partition coefficient (Wildman–Crippen LogP) is 3.74. The summed E-state index contributed by atoms with van der Waals surface area (Å²) >= 11 is 0. The topological polar surface area (TPSA) is 75.1 Å². The number of nitrogens with zero attached hydrogens (tertiary/aromatic N) is 1. The quantitative estimate of drug-likeness (QED) is 0.269. The fourth-order valence-corrected chi connectivity index (χ4v) is 4.37. The summed E-state index contributed by atoms with van der Waals surface area (Å²) in [6.45, 7) is 4.96. The average molecular weight is 535 g/mol. The van der Waals surface area contributed by atoms with Crippen LogP contribution < -0.4 is 15.4 Å². The monoisotopic (exact) mass is 535 g/mol. The standard InChI is InChI=1S/C22H34FN3O3.HI/c1-2-24-21(26-15-22(9-11-27)7-4-3-5-8-22)25-10-6-17-12-19(23)13-18-14-28-16-29-20(17)18;/h12-13,27H,2-11,14-16H2,1H3,(H2,24,25,26);1H. The van der Waals surface area contributed by atoms with Crippen LogP contribution in [0.2, 0.25) is 0 Å². The zero-order valence-corrected chi connectivity index (χ0v) is 20.2. The van der Waals surface area contributed by atoms with Crippen molar-refractivity contribution in [1.82, 2.24) is 10.6 Å². The number of fused-ring (bicyclic) bond motifs is 1. The molecule has 0 unspecified atom stereocenters. The van der Waals surface area contributed by atoms with Crippen LogP contribution >= 0.6 is 24.0 Å². The van der Waals surface area contributed by atoms with Gasteiger partial charge in [-0.2, -0.15) is 0 Å². The molecule has 6 nitrogen and oxygen atoms in total. The Balaban J connectivity index is 0.00000320. The van der Waals surface area contributed by atoms with Gasteiger partial charge in [-0.15, -0.1) is 24.0 Å². The molecule has 3 N–H and O–H groups in total. The van der Waals surface area contributed by atoms with Gasteiger partial charge >= 0.3 is 0 Å². The van der Waals surface area contributed by atoms with Crippen LogP contribution in [0.5, 0.6) is 5.75 Å². The largest absolute Gasteiger partial charge is 0.467 e.